The highest BCUT2D eigenvalue weighted by molar-refractivity contribution is 6.30. The Labute approximate surface area is 387 Å². The van der Waals surface area contributed by atoms with Crippen molar-refractivity contribution in [3.8, 4) is 33.4 Å². The predicted octanol–water partition coefficient (Wildman–Crippen LogP) is 17.7. The van der Waals surface area contributed by atoms with Gasteiger partial charge in [0.2, 0.25) is 0 Å². The van der Waals surface area contributed by atoms with Crippen molar-refractivity contribution < 1.29 is 4.42 Å². The average molecular weight is 850 g/mol. The van der Waals surface area contributed by atoms with E-state index < -0.39 is 5.41 Å². The SMILES string of the molecule is c1ccc(-c2ccc(N(c3ccc4c(c3)-c3ccccc3C43c4ccccc4-c4ccccc43)c3ccc4c(c3)c3ccccc3c3cc5c(cc43)oc3ccc4ccccc4c35)cc2)cc1. The van der Waals surface area contributed by atoms with Crippen molar-refractivity contribution in [3.63, 3.8) is 0 Å². The maximum atomic E-state index is 6.68. The first-order valence-electron chi connectivity index (χ1n) is 23.2. The third-order valence-electron chi connectivity index (χ3n) is 15.0. The van der Waals surface area contributed by atoms with Gasteiger partial charge in [-0.25, -0.2) is 0 Å². The number of benzene rings is 12. The molecule has 2 nitrogen and oxygen atoms in total. The molecule has 12 aromatic carbocycles. The number of anilines is 3. The summed E-state index contributed by atoms with van der Waals surface area (Å²) in [6, 6.07) is 87.6. The largest absolute Gasteiger partial charge is 0.456 e. The highest BCUT2D eigenvalue weighted by atomic mass is 16.3. The first-order valence-corrected chi connectivity index (χ1v) is 23.2. The molecule has 1 aromatic heterocycles. The molecule has 0 aliphatic heterocycles. The zero-order valence-electron chi connectivity index (χ0n) is 36.4. The highest BCUT2D eigenvalue weighted by Crippen LogP contribution is 2.63. The van der Waals surface area contributed by atoms with Gasteiger partial charge in [0.25, 0.3) is 0 Å². The van der Waals surface area contributed by atoms with Gasteiger partial charge in [-0.2, -0.15) is 0 Å². The molecule has 2 aliphatic rings. The molecule has 0 saturated heterocycles. The minimum atomic E-state index is -0.402. The smallest absolute Gasteiger partial charge is 0.136 e. The standard InChI is InChI=1S/C65H39NO/c1-2-14-40(15-3-1)41-26-29-43(30-27-41)66(45-32-34-61-56(37-45)52-22-10-13-25-60(52)65(61)58-23-11-8-20-50(58)51-21-9-12-24-59(51)65)44-31-33-49-53(36-44)47-18-6-7-19-48(47)54-38-57-63(39-55(49)54)67-62-35-28-42-16-4-5-17-46(42)64(57)62/h1-39H. The van der Waals surface area contributed by atoms with Crippen molar-refractivity contribution in [1.29, 1.82) is 0 Å². The van der Waals surface area contributed by atoms with Gasteiger partial charge in [0.05, 0.1) is 5.41 Å². The van der Waals surface area contributed by atoms with Crippen molar-refractivity contribution in [2.75, 3.05) is 4.90 Å². The monoisotopic (exact) mass is 849 g/mol. The molecule has 1 heterocycles. The third-order valence-corrected chi connectivity index (χ3v) is 15.0. The molecule has 0 N–H and O–H groups in total. The Morgan fingerprint density at radius 3 is 1.51 bits per heavy atom. The summed E-state index contributed by atoms with van der Waals surface area (Å²) in [4.78, 5) is 2.45. The van der Waals surface area contributed by atoms with Gasteiger partial charge in [0.15, 0.2) is 0 Å². The second-order valence-electron chi connectivity index (χ2n) is 18.3. The molecule has 0 saturated carbocycles. The Morgan fingerprint density at radius 1 is 0.284 bits per heavy atom. The van der Waals surface area contributed by atoms with Crippen LogP contribution in [-0.4, -0.2) is 0 Å². The molecule has 2 aliphatic carbocycles. The average Bonchev–Trinajstić information content (AvgIpc) is 4.02. The van der Waals surface area contributed by atoms with Crippen molar-refractivity contribution in [2.24, 2.45) is 0 Å². The fourth-order valence-electron chi connectivity index (χ4n) is 12.2. The Morgan fingerprint density at radius 2 is 0.791 bits per heavy atom. The van der Waals surface area contributed by atoms with Crippen LogP contribution in [0.3, 0.4) is 0 Å². The van der Waals surface area contributed by atoms with E-state index in [4.69, 9.17) is 4.42 Å². The third kappa shape index (κ3) is 4.99. The lowest BCUT2D eigenvalue weighted by Crippen LogP contribution is -2.25. The van der Waals surface area contributed by atoms with Crippen LogP contribution in [0.5, 0.6) is 0 Å². The van der Waals surface area contributed by atoms with Crippen LogP contribution in [0.15, 0.2) is 241 Å². The predicted molar refractivity (Wildman–Crippen MR) is 280 cm³/mol. The lowest BCUT2D eigenvalue weighted by molar-refractivity contribution is 0.670. The minimum absolute atomic E-state index is 0.402. The molecule has 0 unspecified atom stereocenters. The van der Waals surface area contributed by atoms with Gasteiger partial charge in [-0.15, -0.1) is 0 Å². The van der Waals surface area contributed by atoms with E-state index in [0.717, 1.165) is 33.6 Å². The van der Waals surface area contributed by atoms with Gasteiger partial charge in [-0.05, 0) is 153 Å². The number of hydrogen-bond acceptors (Lipinski definition) is 2. The van der Waals surface area contributed by atoms with Crippen molar-refractivity contribution in [1.82, 2.24) is 0 Å². The lowest BCUT2D eigenvalue weighted by Gasteiger charge is -2.31. The molecule has 0 fully saturated rings. The van der Waals surface area contributed by atoms with E-state index in [0.29, 0.717) is 0 Å². The van der Waals surface area contributed by atoms with E-state index in [9.17, 15) is 0 Å². The van der Waals surface area contributed by atoms with Crippen molar-refractivity contribution in [3.05, 3.63) is 259 Å². The van der Waals surface area contributed by atoms with Crippen LogP contribution < -0.4 is 4.90 Å². The van der Waals surface area contributed by atoms with E-state index in [2.05, 4.69) is 241 Å². The number of nitrogens with zero attached hydrogens (tertiary/aromatic N) is 1. The molecule has 1 spiro atoms. The number of rotatable bonds is 4. The van der Waals surface area contributed by atoms with E-state index in [1.54, 1.807) is 0 Å². The molecule has 13 aromatic rings. The van der Waals surface area contributed by atoms with Gasteiger partial charge in [0, 0.05) is 27.8 Å². The normalized spacial score (nSPS) is 13.2. The van der Waals surface area contributed by atoms with Gasteiger partial charge < -0.3 is 9.32 Å². The van der Waals surface area contributed by atoms with E-state index in [-0.39, 0.29) is 0 Å². The molecule has 310 valence electrons. The zero-order chi connectivity index (χ0) is 43.8. The summed E-state index contributed by atoms with van der Waals surface area (Å²) in [6.45, 7) is 0. The Hall–Kier alpha value is -8.72. The molecular weight excluding hydrogens is 811 g/mol. The van der Waals surface area contributed by atoms with Crippen molar-refractivity contribution >= 4 is 82.1 Å². The van der Waals surface area contributed by atoms with Gasteiger partial charge in [-0.1, -0.05) is 182 Å². The Balaban J connectivity index is 0.966. The second kappa shape index (κ2) is 13.7. The summed E-state index contributed by atoms with van der Waals surface area (Å²) in [5, 5.41) is 12.0. The summed E-state index contributed by atoms with van der Waals surface area (Å²) < 4.78 is 6.68. The van der Waals surface area contributed by atoms with Crippen LogP contribution >= 0.6 is 0 Å². The first-order chi connectivity index (χ1) is 33.2. The van der Waals surface area contributed by atoms with Crippen LogP contribution in [0, 0.1) is 0 Å². The maximum Gasteiger partial charge on any atom is 0.136 e. The van der Waals surface area contributed by atoms with Crippen LogP contribution in [0.25, 0.3) is 98.4 Å². The number of hydrogen-bond donors (Lipinski definition) is 0. The molecule has 15 rings (SSSR count). The summed E-state index contributed by atoms with van der Waals surface area (Å²) in [6.07, 6.45) is 0. The second-order valence-corrected chi connectivity index (χ2v) is 18.3. The topological polar surface area (TPSA) is 16.4 Å². The summed E-state index contributed by atoms with van der Waals surface area (Å²) in [7, 11) is 0. The van der Waals surface area contributed by atoms with E-state index in [1.807, 2.05) is 0 Å². The molecule has 67 heavy (non-hydrogen) atoms. The van der Waals surface area contributed by atoms with Crippen LogP contribution in [0.1, 0.15) is 22.3 Å². The van der Waals surface area contributed by atoms with Crippen LogP contribution in [0.4, 0.5) is 17.1 Å². The number of fused-ring (bicyclic) bond motifs is 21. The molecule has 0 radical (unpaired) electrons. The molecule has 0 atom stereocenters. The fraction of sp³-hybridized carbons (Fsp3) is 0.0154. The highest BCUT2D eigenvalue weighted by Gasteiger charge is 2.51. The lowest BCUT2D eigenvalue weighted by atomic mass is 9.70. The number of furan rings is 1. The summed E-state index contributed by atoms with van der Waals surface area (Å²) in [5.41, 5.74) is 17.7. The Bertz CT molecular complexity index is 4170. The van der Waals surface area contributed by atoms with E-state index >= 15 is 0 Å². The van der Waals surface area contributed by atoms with Crippen LogP contribution in [0.2, 0.25) is 0 Å². The summed E-state index contributed by atoms with van der Waals surface area (Å²) in [5.74, 6) is 0. The Kier molecular flexibility index (Phi) is 7.46. The van der Waals surface area contributed by atoms with Gasteiger partial charge >= 0.3 is 0 Å². The van der Waals surface area contributed by atoms with Gasteiger partial charge in [0.1, 0.15) is 11.2 Å². The quantitative estimate of drug-likeness (QED) is 0.164. The zero-order valence-corrected chi connectivity index (χ0v) is 36.4. The molecular formula is C65H39NO. The molecule has 2 heteroatoms. The minimum Gasteiger partial charge on any atom is -0.456 e. The fourth-order valence-corrected chi connectivity index (χ4v) is 12.2. The van der Waals surface area contributed by atoms with E-state index in [1.165, 1.54) is 104 Å². The molecule has 0 bridgehead atoms. The van der Waals surface area contributed by atoms with Crippen LogP contribution in [-0.2, 0) is 5.41 Å². The van der Waals surface area contributed by atoms with Gasteiger partial charge in [-0.3, -0.25) is 0 Å². The first kappa shape index (κ1) is 36.6. The summed E-state index contributed by atoms with van der Waals surface area (Å²) >= 11 is 0. The van der Waals surface area contributed by atoms with Crippen molar-refractivity contribution in [2.45, 2.75) is 5.41 Å². The maximum absolute atomic E-state index is 6.68. The molecule has 0 amide bonds.